The fourth-order valence-corrected chi connectivity index (χ4v) is 3.98. The number of rotatable bonds is 7. The lowest BCUT2D eigenvalue weighted by Gasteiger charge is -2.41. The van der Waals surface area contributed by atoms with Gasteiger partial charge in [-0.3, -0.25) is 0 Å². The van der Waals surface area contributed by atoms with Crippen molar-refractivity contribution in [1.82, 2.24) is 10.2 Å². The summed E-state index contributed by atoms with van der Waals surface area (Å²) >= 11 is 0. The molecular formula is C17H32N2. The van der Waals surface area contributed by atoms with E-state index in [9.17, 15) is 0 Å². The minimum absolute atomic E-state index is 0.775. The van der Waals surface area contributed by atoms with Gasteiger partial charge in [-0.2, -0.15) is 0 Å². The van der Waals surface area contributed by atoms with Crippen LogP contribution in [0.3, 0.4) is 0 Å². The van der Waals surface area contributed by atoms with Crippen molar-refractivity contribution in [3.8, 4) is 0 Å². The third kappa shape index (κ3) is 4.19. The average Bonchev–Trinajstić information content (AvgIpc) is 3.15. The molecule has 3 rings (SSSR count). The maximum atomic E-state index is 3.79. The quantitative estimate of drug-likeness (QED) is 0.759. The molecule has 1 aliphatic heterocycles. The van der Waals surface area contributed by atoms with Gasteiger partial charge in [-0.05, 0) is 56.4 Å². The number of hydrogen-bond acceptors (Lipinski definition) is 2. The van der Waals surface area contributed by atoms with E-state index < -0.39 is 0 Å². The van der Waals surface area contributed by atoms with Gasteiger partial charge < -0.3 is 10.2 Å². The average molecular weight is 264 g/mol. The molecule has 2 atom stereocenters. The van der Waals surface area contributed by atoms with Crippen molar-refractivity contribution in [2.75, 3.05) is 26.2 Å². The fraction of sp³-hybridized carbons (Fsp3) is 1.00. The van der Waals surface area contributed by atoms with Gasteiger partial charge in [-0.25, -0.2) is 0 Å². The van der Waals surface area contributed by atoms with Crippen LogP contribution in [-0.4, -0.2) is 37.1 Å². The maximum Gasteiger partial charge on any atom is 0.0198 e. The molecule has 0 spiro atoms. The molecule has 0 aromatic carbocycles. The summed E-state index contributed by atoms with van der Waals surface area (Å²) in [6.45, 7) is 7.60. The van der Waals surface area contributed by atoms with Crippen molar-refractivity contribution in [2.24, 2.45) is 17.8 Å². The molecule has 1 saturated heterocycles. The number of hydrogen-bond donors (Lipinski definition) is 1. The van der Waals surface area contributed by atoms with Gasteiger partial charge in [-0.1, -0.05) is 26.2 Å². The predicted molar refractivity (Wildman–Crippen MR) is 81.3 cm³/mol. The van der Waals surface area contributed by atoms with Crippen LogP contribution in [0.1, 0.15) is 58.3 Å². The zero-order valence-electron chi connectivity index (χ0n) is 12.7. The van der Waals surface area contributed by atoms with Gasteiger partial charge in [0.25, 0.3) is 0 Å². The van der Waals surface area contributed by atoms with E-state index in [-0.39, 0.29) is 0 Å². The Kier molecular flexibility index (Phi) is 4.81. The molecule has 1 N–H and O–H groups in total. The van der Waals surface area contributed by atoms with E-state index in [1.807, 2.05) is 0 Å². The van der Waals surface area contributed by atoms with Crippen molar-refractivity contribution >= 4 is 0 Å². The highest BCUT2D eigenvalue weighted by atomic mass is 15.2. The van der Waals surface area contributed by atoms with E-state index >= 15 is 0 Å². The SMILES string of the molecule is CCCNC1CC(CC2CC2)CN(CC2CCC2)C1. The smallest absolute Gasteiger partial charge is 0.0198 e. The number of nitrogens with one attached hydrogen (secondary N) is 1. The molecule has 3 aliphatic rings. The molecule has 0 aromatic rings. The van der Waals surface area contributed by atoms with E-state index in [1.165, 1.54) is 77.5 Å². The molecule has 2 unspecified atom stereocenters. The van der Waals surface area contributed by atoms with E-state index in [0.717, 1.165) is 23.8 Å². The lowest BCUT2D eigenvalue weighted by molar-refractivity contribution is 0.0967. The third-order valence-corrected chi connectivity index (χ3v) is 5.40. The van der Waals surface area contributed by atoms with Crippen LogP contribution in [0.4, 0.5) is 0 Å². The van der Waals surface area contributed by atoms with Crippen LogP contribution in [0.25, 0.3) is 0 Å². The van der Waals surface area contributed by atoms with Crippen molar-refractivity contribution in [3.05, 3.63) is 0 Å². The lowest BCUT2D eigenvalue weighted by Crippen LogP contribution is -2.51. The minimum Gasteiger partial charge on any atom is -0.313 e. The van der Waals surface area contributed by atoms with Gasteiger partial charge >= 0.3 is 0 Å². The summed E-state index contributed by atoms with van der Waals surface area (Å²) in [5, 5.41) is 3.79. The lowest BCUT2D eigenvalue weighted by atomic mass is 9.83. The Bertz CT molecular complexity index is 270. The van der Waals surface area contributed by atoms with E-state index in [2.05, 4.69) is 17.1 Å². The first-order valence-electron chi connectivity index (χ1n) is 8.79. The summed E-state index contributed by atoms with van der Waals surface area (Å²) in [6, 6.07) is 0.775. The van der Waals surface area contributed by atoms with Crippen LogP contribution in [0, 0.1) is 17.8 Å². The number of nitrogens with zero attached hydrogens (tertiary/aromatic N) is 1. The highest BCUT2D eigenvalue weighted by Gasteiger charge is 2.33. The first kappa shape index (κ1) is 13.9. The van der Waals surface area contributed by atoms with Gasteiger partial charge in [0.1, 0.15) is 0 Å². The first-order valence-corrected chi connectivity index (χ1v) is 8.79. The Hall–Kier alpha value is -0.0800. The Labute approximate surface area is 119 Å². The largest absolute Gasteiger partial charge is 0.313 e. The highest BCUT2D eigenvalue weighted by Crippen LogP contribution is 2.38. The Morgan fingerprint density at radius 3 is 2.47 bits per heavy atom. The molecule has 0 radical (unpaired) electrons. The standard InChI is InChI=1S/C17H32N2/c1-2-8-18-17-10-16(9-14-6-7-14)12-19(13-17)11-15-4-3-5-15/h14-18H,2-13H2,1H3. The third-order valence-electron chi connectivity index (χ3n) is 5.40. The van der Waals surface area contributed by atoms with E-state index in [4.69, 9.17) is 0 Å². The van der Waals surface area contributed by atoms with E-state index in [1.54, 1.807) is 0 Å². The van der Waals surface area contributed by atoms with Gasteiger partial charge in [0, 0.05) is 25.7 Å². The van der Waals surface area contributed by atoms with Gasteiger partial charge in [0.05, 0.1) is 0 Å². The minimum atomic E-state index is 0.775. The molecule has 0 amide bonds. The second-order valence-electron chi connectivity index (χ2n) is 7.45. The predicted octanol–water partition coefficient (Wildman–Crippen LogP) is 3.28. The van der Waals surface area contributed by atoms with Crippen LogP contribution in [-0.2, 0) is 0 Å². The maximum absolute atomic E-state index is 3.79. The normalized spacial score (nSPS) is 33.3. The molecule has 3 fully saturated rings. The van der Waals surface area contributed by atoms with Crippen LogP contribution < -0.4 is 5.32 Å². The second-order valence-corrected chi connectivity index (χ2v) is 7.45. The Morgan fingerprint density at radius 2 is 1.84 bits per heavy atom. The summed E-state index contributed by atoms with van der Waals surface area (Å²) in [6.07, 6.45) is 11.8. The highest BCUT2D eigenvalue weighted by molar-refractivity contribution is 4.88. The summed E-state index contributed by atoms with van der Waals surface area (Å²) in [7, 11) is 0. The van der Waals surface area contributed by atoms with Gasteiger partial charge in [0.15, 0.2) is 0 Å². The number of piperidine rings is 1. The zero-order chi connectivity index (χ0) is 13.1. The Morgan fingerprint density at radius 1 is 1.00 bits per heavy atom. The molecule has 2 heteroatoms. The molecule has 2 aliphatic carbocycles. The molecular weight excluding hydrogens is 232 g/mol. The fourth-order valence-electron chi connectivity index (χ4n) is 3.98. The van der Waals surface area contributed by atoms with Crippen molar-refractivity contribution in [3.63, 3.8) is 0 Å². The Balaban J connectivity index is 1.49. The van der Waals surface area contributed by atoms with Crippen LogP contribution in [0.5, 0.6) is 0 Å². The van der Waals surface area contributed by atoms with E-state index in [0.29, 0.717) is 0 Å². The van der Waals surface area contributed by atoms with Crippen LogP contribution in [0.15, 0.2) is 0 Å². The summed E-state index contributed by atoms with van der Waals surface area (Å²) in [5.41, 5.74) is 0. The molecule has 1 heterocycles. The summed E-state index contributed by atoms with van der Waals surface area (Å²) in [5.74, 6) is 3.11. The van der Waals surface area contributed by atoms with Crippen LogP contribution in [0.2, 0.25) is 0 Å². The molecule has 19 heavy (non-hydrogen) atoms. The molecule has 2 nitrogen and oxygen atoms in total. The van der Waals surface area contributed by atoms with Gasteiger partial charge in [0.2, 0.25) is 0 Å². The monoisotopic (exact) mass is 264 g/mol. The van der Waals surface area contributed by atoms with Crippen molar-refractivity contribution < 1.29 is 0 Å². The molecule has 0 bridgehead atoms. The molecule has 110 valence electrons. The van der Waals surface area contributed by atoms with Crippen molar-refractivity contribution in [1.29, 1.82) is 0 Å². The van der Waals surface area contributed by atoms with Crippen LogP contribution >= 0.6 is 0 Å². The second kappa shape index (κ2) is 6.58. The molecule has 0 aromatic heterocycles. The van der Waals surface area contributed by atoms with Crippen molar-refractivity contribution in [2.45, 2.75) is 64.3 Å². The zero-order valence-corrected chi connectivity index (χ0v) is 12.7. The summed E-state index contributed by atoms with van der Waals surface area (Å²) < 4.78 is 0. The van der Waals surface area contributed by atoms with Gasteiger partial charge in [-0.15, -0.1) is 0 Å². The topological polar surface area (TPSA) is 15.3 Å². The number of likely N-dealkylation sites (tertiary alicyclic amines) is 1. The summed E-state index contributed by atoms with van der Waals surface area (Å²) in [4.78, 5) is 2.80. The molecule has 2 saturated carbocycles. The first-order chi connectivity index (χ1) is 9.33.